The highest BCUT2D eigenvalue weighted by Gasteiger charge is 2.33. The molecule has 0 bridgehead atoms. The lowest BCUT2D eigenvalue weighted by Gasteiger charge is -2.14. The van der Waals surface area contributed by atoms with Crippen LogP contribution in [0.15, 0.2) is 103 Å². The molecule has 0 saturated carbocycles. The van der Waals surface area contributed by atoms with Crippen LogP contribution in [0.25, 0.3) is 33.8 Å². The second kappa shape index (κ2) is 7.77. The van der Waals surface area contributed by atoms with Crippen molar-refractivity contribution in [1.82, 2.24) is 9.97 Å². The highest BCUT2D eigenvalue weighted by molar-refractivity contribution is 6.29. The molecule has 1 aromatic heterocycles. The summed E-state index contributed by atoms with van der Waals surface area (Å²) in [4.78, 5) is 9.14. The van der Waals surface area contributed by atoms with E-state index in [0.29, 0.717) is 11.0 Å². The van der Waals surface area contributed by atoms with Crippen molar-refractivity contribution in [2.75, 3.05) is 0 Å². The van der Waals surface area contributed by atoms with Crippen molar-refractivity contribution in [1.29, 1.82) is 0 Å². The van der Waals surface area contributed by atoms with E-state index in [1.165, 1.54) is 5.56 Å². The second-order valence-corrected chi connectivity index (χ2v) is 8.33. The summed E-state index contributed by atoms with van der Waals surface area (Å²) in [6.45, 7) is 0. The molecule has 4 heteroatoms. The topological polar surface area (TPSA) is 35.0 Å². The van der Waals surface area contributed by atoms with Gasteiger partial charge in [-0.3, -0.25) is 0 Å². The molecule has 2 heterocycles. The lowest BCUT2D eigenvalue weighted by Crippen LogP contribution is -2.15. The van der Waals surface area contributed by atoms with E-state index in [0.717, 1.165) is 33.7 Å². The third-order valence-corrected chi connectivity index (χ3v) is 6.16. The molecule has 4 aromatic rings. The number of allylic oxidation sites excluding steroid dienone is 2. The van der Waals surface area contributed by atoms with Crippen LogP contribution in [0.2, 0.25) is 5.15 Å². The maximum absolute atomic E-state index is 6.32. The van der Waals surface area contributed by atoms with E-state index in [9.17, 15) is 0 Å². The zero-order valence-corrected chi connectivity index (χ0v) is 17.9. The summed E-state index contributed by atoms with van der Waals surface area (Å²) < 4.78 is 6.32. The molecule has 1 aliphatic heterocycles. The van der Waals surface area contributed by atoms with Crippen molar-refractivity contribution in [3.8, 4) is 39.5 Å². The second-order valence-electron chi connectivity index (χ2n) is 7.94. The molecule has 0 fully saturated rings. The molecule has 3 nitrogen and oxygen atoms in total. The van der Waals surface area contributed by atoms with Crippen molar-refractivity contribution in [3.05, 3.63) is 114 Å². The van der Waals surface area contributed by atoms with Gasteiger partial charge in [-0.05, 0) is 11.6 Å². The van der Waals surface area contributed by atoms with Gasteiger partial charge in [0.25, 0.3) is 0 Å². The molecule has 0 N–H and O–H groups in total. The number of ether oxygens (including phenoxy) is 1. The quantitative estimate of drug-likeness (QED) is 0.322. The van der Waals surface area contributed by atoms with Crippen molar-refractivity contribution >= 4 is 11.6 Å². The number of rotatable bonds is 3. The normalized spacial score (nSPS) is 18.2. The van der Waals surface area contributed by atoms with Crippen molar-refractivity contribution in [2.45, 2.75) is 12.0 Å². The predicted octanol–water partition coefficient (Wildman–Crippen LogP) is 7.10. The van der Waals surface area contributed by atoms with Crippen LogP contribution in [0.1, 0.15) is 11.5 Å². The van der Waals surface area contributed by atoms with Crippen LogP contribution in [-0.2, 0) is 0 Å². The molecule has 0 amide bonds. The molecule has 2 unspecified atom stereocenters. The van der Waals surface area contributed by atoms with E-state index in [1.807, 2.05) is 30.3 Å². The van der Waals surface area contributed by atoms with Crippen molar-refractivity contribution in [2.24, 2.45) is 0 Å². The van der Waals surface area contributed by atoms with Crippen LogP contribution in [-0.4, -0.2) is 16.1 Å². The molecular weight excluding hydrogens is 416 g/mol. The Morgan fingerprint density at radius 3 is 2.34 bits per heavy atom. The van der Waals surface area contributed by atoms with Gasteiger partial charge in [-0.1, -0.05) is 103 Å². The van der Waals surface area contributed by atoms with E-state index >= 15 is 0 Å². The number of aromatic nitrogens is 2. The minimum atomic E-state index is 0.0787. The van der Waals surface area contributed by atoms with E-state index in [1.54, 1.807) is 6.07 Å². The highest BCUT2D eigenvalue weighted by Crippen LogP contribution is 2.46. The van der Waals surface area contributed by atoms with Crippen LogP contribution < -0.4 is 4.74 Å². The number of hydrogen-bond acceptors (Lipinski definition) is 3. The average molecular weight is 435 g/mol. The first kappa shape index (κ1) is 19.0. The van der Waals surface area contributed by atoms with Crippen LogP contribution in [0.4, 0.5) is 0 Å². The number of halogens is 1. The molecule has 2 aliphatic rings. The summed E-state index contributed by atoms with van der Waals surface area (Å²) in [6, 6.07) is 26.4. The van der Waals surface area contributed by atoms with Gasteiger partial charge < -0.3 is 4.74 Å². The number of hydrogen-bond donors (Lipinski definition) is 0. The average Bonchev–Trinajstić information content (AvgIpc) is 3.23. The molecule has 0 radical (unpaired) electrons. The fourth-order valence-corrected chi connectivity index (χ4v) is 4.58. The smallest absolute Gasteiger partial charge is 0.161 e. The zero-order chi connectivity index (χ0) is 21.5. The predicted molar refractivity (Wildman–Crippen MR) is 129 cm³/mol. The Morgan fingerprint density at radius 1 is 0.719 bits per heavy atom. The molecule has 0 saturated heterocycles. The largest absolute Gasteiger partial charge is 0.484 e. The number of benzene rings is 3. The summed E-state index contributed by atoms with van der Waals surface area (Å²) in [6.07, 6.45) is 8.57. The van der Waals surface area contributed by atoms with Gasteiger partial charge in [0.05, 0.1) is 5.69 Å². The third-order valence-electron chi connectivity index (χ3n) is 5.96. The molecule has 3 aromatic carbocycles. The van der Waals surface area contributed by atoms with E-state index in [2.05, 4.69) is 71.8 Å². The lowest BCUT2D eigenvalue weighted by molar-refractivity contribution is 0.270. The lowest BCUT2D eigenvalue weighted by atomic mass is 9.90. The van der Waals surface area contributed by atoms with Crippen LogP contribution in [0.5, 0.6) is 5.75 Å². The Labute approximate surface area is 191 Å². The molecule has 32 heavy (non-hydrogen) atoms. The standard InChI is InChI=1S/C28H19ClN2O/c29-26-17-24(30-28(31-26)20-7-2-1-3-8-20)19-15-13-18(14-16-19)21-10-6-11-23-22-9-4-5-12-25(22)32-27(21)23/h1-17,22,25H. The van der Waals surface area contributed by atoms with E-state index in [4.69, 9.17) is 21.3 Å². The van der Waals surface area contributed by atoms with Gasteiger partial charge in [0.2, 0.25) is 0 Å². The number of fused-ring (bicyclic) bond motifs is 3. The first-order valence-corrected chi connectivity index (χ1v) is 11.0. The van der Waals surface area contributed by atoms with Gasteiger partial charge in [0, 0.05) is 34.2 Å². The van der Waals surface area contributed by atoms with E-state index in [-0.39, 0.29) is 12.0 Å². The Hall–Kier alpha value is -3.69. The molecule has 1 aliphatic carbocycles. The fourth-order valence-electron chi connectivity index (χ4n) is 4.39. The minimum absolute atomic E-state index is 0.0787. The summed E-state index contributed by atoms with van der Waals surface area (Å²) >= 11 is 6.32. The Balaban J connectivity index is 1.36. The minimum Gasteiger partial charge on any atom is -0.484 e. The Morgan fingerprint density at radius 2 is 1.50 bits per heavy atom. The van der Waals surface area contributed by atoms with Crippen LogP contribution in [0.3, 0.4) is 0 Å². The zero-order valence-electron chi connectivity index (χ0n) is 17.2. The van der Waals surface area contributed by atoms with Crippen LogP contribution in [0, 0.1) is 0 Å². The monoisotopic (exact) mass is 434 g/mol. The summed E-state index contributed by atoms with van der Waals surface area (Å²) in [5.74, 6) is 1.88. The highest BCUT2D eigenvalue weighted by atomic mass is 35.5. The van der Waals surface area contributed by atoms with Crippen LogP contribution >= 0.6 is 11.6 Å². The maximum atomic E-state index is 6.32. The van der Waals surface area contributed by atoms with Gasteiger partial charge in [-0.25, -0.2) is 9.97 Å². The first-order chi connectivity index (χ1) is 15.8. The number of nitrogens with zero attached hydrogens (tertiary/aromatic N) is 2. The molecule has 154 valence electrons. The summed E-state index contributed by atoms with van der Waals surface area (Å²) in [7, 11) is 0. The first-order valence-electron chi connectivity index (χ1n) is 10.6. The van der Waals surface area contributed by atoms with Gasteiger partial charge in [0.15, 0.2) is 5.82 Å². The van der Waals surface area contributed by atoms with Crippen molar-refractivity contribution < 1.29 is 4.74 Å². The SMILES string of the molecule is Clc1cc(-c2ccc(-c3cccc4c3OC3C=CC=CC43)cc2)nc(-c2ccccc2)n1. The third kappa shape index (κ3) is 3.31. The van der Waals surface area contributed by atoms with Gasteiger partial charge in [0.1, 0.15) is 17.0 Å². The number of para-hydroxylation sites is 1. The summed E-state index contributed by atoms with van der Waals surface area (Å²) in [5.41, 5.74) is 6.19. The van der Waals surface area contributed by atoms with Crippen molar-refractivity contribution in [3.63, 3.8) is 0 Å². The molecule has 0 spiro atoms. The Kier molecular flexibility index (Phi) is 4.62. The van der Waals surface area contributed by atoms with Gasteiger partial charge in [-0.15, -0.1) is 0 Å². The fraction of sp³-hybridized carbons (Fsp3) is 0.0714. The molecular formula is C28H19ClN2O. The maximum Gasteiger partial charge on any atom is 0.161 e. The van der Waals surface area contributed by atoms with Gasteiger partial charge >= 0.3 is 0 Å². The molecule has 6 rings (SSSR count). The van der Waals surface area contributed by atoms with Gasteiger partial charge in [-0.2, -0.15) is 0 Å². The summed E-state index contributed by atoms with van der Waals surface area (Å²) in [5, 5.41) is 0.427. The molecule has 2 atom stereocenters. The van der Waals surface area contributed by atoms with E-state index < -0.39 is 0 Å². The Bertz CT molecular complexity index is 1360.